The molecule has 2 aromatic carbocycles. The minimum absolute atomic E-state index is 0.803. The molecule has 0 saturated carbocycles. The summed E-state index contributed by atoms with van der Waals surface area (Å²) in [5.41, 5.74) is 15.1. The first-order valence-corrected chi connectivity index (χ1v) is 9.28. The van der Waals surface area contributed by atoms with Gasteiger partial charge in [-0.3, -0.25) is 0 Å². The van der Waals surface area contributed by atoms with Crippen molar-refractivity contribution in [3.8, 4) is 0 Å². The molecule has 0 saturated heterocycles. The molecule has 0 spiro atoms. The minimum Gasteiger partial charge on any atom is -0.399 e. The molecule has 0 fully saturated rings. The van der Waals surface area contributed by atoms with Gasteiger partial charge in [-0.2, -0.15) is 0 Å². The van der Waals surface area contributed by atoms with Crippen molar-refractivity contribution in [2.75, 3.05) is 11.5 Å². The Morgan fingerprint density at radius 2 is 1.39 bits per heavy atom. The Kier molecular flexibility index (Phi) is 7.25. The highest BCUT2D eigenvalue weighted by Crippen LogP contribution is 2.26. The number of anilines is 2. The van der Waals surface area contributed by atoms with E-state index in [1.807, 2.05) is 18.2 Å². The third-order valence-electron chi connectivity index (χ3n) is 4.64. The summed E-state index contributed by atoms with van der Waals surface area (Å²) in [4.78, 5) is 0. The summed E-state index contributed by atoms with van der Waals surface area (Å²) in [5.74, 6) is 0. The van der Waals surface area contributed by atoms with Gasteiger partial charge in [0.1, 0.15) is 0 Å². The zero-order chi connectivity index (χ0) is 16.5. The molecule has 0 radical (unpaired) electrons. The van der Waals surface area contributed by atoms with Crippen LogP contribution in [-0.4, -0.2) is 0 Å². The molecule has 2 nitrogen and oxygen atoms in total. The molecule has 0 amide bonds. The van der Waals surface area contributed by atoms with Crippen molar-refractivity contribution in [3.63, 3.8) is 0 Å². The summed E-state index contributed by atoms with van der Waals surface area (Å²) >= 11 is 0. The standard InChI is InChI=1S/C21H32N2/c1-2-3-4-5-6-7-8-9-10-11-17-14-18-16-19(22)12-13-20(18)21(23)15-17/h12-16H,2-11,22-23H2,1H3. The van der Waals surface area contributed by atoms with Crippen molar-refractivity contribution in [2.24, 2.45) is 0 Å². The summed E-state index contributed by atoms with van der Waals surface area (Å²) in [6.45, 7) is 2.27. The summed E-state index contributed by atoms with van der Waals surface area (Å²) in [6, 6.07) is 10.3. The smallest absolute Gasteiger partial charge is 0.0396 e. The van der Waals surface area contributed by atoms with E-state index in [0.29, 0.717) is 0 Å². The fraction of sp³-hybridized carbons (Fsp3) is 0.524. The highest BCUT2D eigenvalue weighted by molar-refractivity contribution is 5.95. The number of nitrogens with two attached hydrogens (primary N) is 2. The van der Waals surface area contributed by atoms with Gasteiger partial charge in [0.15, 0.2) is 0 Å². The molecule has 0 aliphatic heterocycles. The molecule has 0 unspecified atom stereocenters. The van der Waals surface area contributed by atoms with Gasteiger partial charge >= 0.3 is 0 Å². The largest absolute Gasteiger partial charge is 0.399 e. The SMILES string of the molecule is CCCCCCCCCCCc1cc(N)c2ccc(N)cc2c1. The zero-order valence-electron chi connectivity index (χ0n) is 14.6. The van der Waals surface area contributed by atoms with Gasteiger partial charge in [0.2, 0.25) is 0 Å². The van der Waals surface area contributed by atoms with Crippen LogP contribution in [0.1, 0.15) is 70.3 Å². The molecule has 2 rings (SSSR count). The lowest BCUT2D eigenvalue weighted by Gasteiger charge is -2.08. The van der Waals surface area contributed by atoms with Crippen molar-refractivity contribution in [1.82, 2.24) is 0 Å². The second-order valence-corrected chi connectivity index (χ2v) is 6.74. The average molecular weight is 313 g/mol. The predicted octanol–water partition coefficient (Wildman–Crippen LogP) is 6.08. The van der Waals surface area contributed by atoms with E-state index in [2.05, 4.69) is 19.1 Å². The van der Waals surface area contributed by atoms with Gasteiger partial charge < -0.3 is 11.5 Å². The van der Waals surface area contributed by atoms with E-state index >= 15 is 0 Å². The summed E-state index contributed by atoms with van der Waals surface area (Å²) < 4.78 is 0. The summed E-state index contributed by atoms with van der Waals surface area (Å²) in [7, 11) is 0. The van der Waals surface area contributed by atoms with Gasteiger partial charge in [0.25, 0.3) is 0 Å². The Morgan fingerprint density at radius 1 is 0.739 bits per heavy atom. The Balaban J connectivity index is 1.73. The molecule has 4 N–H and O–H groups in total. The molecule has 2 aromatic rings. The monoisotopic (exact) mass is 312 g/mol. The Bertz CT molecular complexity index is 604. The maximum absolute atomic E-state index is 6.18. The number of hydrogen-bond donors (Lipinski definition) is 2. The molecular formula is C21H32N2. The second-order valence-electron chi connectivity index (χ2n) is 6.74. The number of unbranched alkanes of at least 4 members (excludes halogenated alkanes) is 8. The van der Waals surface area contributed by atoms with E-state index in [4.69, 9.17) is 11.5 Å². The van der Waals surface area contributed by atoms with Crippen LogP contribution in [0.2, 0.25) is 0 Å². The van der Waals surface area contributed by atoms with Crippen molar-refractivity contribution in [2.45, 2.75) is 71.1 Å². The molecule has 126 valence electrons. The van der Waals surface area contributed by atoms with E-state index in [0.717, 1.165) is 28.6 Å². The zero-order valence-corrected chi connectivity index (χ0v) is 14.6. The first-order chi connectivity index (χ1) is 11.2. The molecule has 0 aromatic heterocycles. The second kappa shape index (κ2) is 9.44. The van der Waals surface area contributed by atoms with E-state index in [1.54, 1.807) is 0 Å². The normalized spacial score (nSPS) is 11.2. The lowest BCUT2D eigenvalue weighted by Crippen LogP contribution is -1.93. The third-order valence-corrected chi connectivity index (χ3v) is 4.64. The molecule has 0 heterocycles. The highest BCUT2D eigenvalue weighted by atomic mass is 14.6. The van der Waals surface area contributed by atoms with E-state index < -0.39 is 0 Å². The van der Waals surface area contributed by atoms with Gasteiger partial charge in [0.05, 0.1) is 0 Å². The predicted molar refractivity (Wildman–Crippen MR) is 104 cm³/mol. The summed E-state index contributed by atoms with van der Waals surface area (Å²) in [5, 5.41) is 2.27. The molecule has 0 bridgehead atoms. The Morgan fingerprint density at radius 3 is 2.09 bits per heavy atom. The van der Waals surface area contributed by atoms with Crippen LogP contribution in [0.5, 0.6) is 0 Å². The topological polar surface area (TPSA) is 52.0 Å². The number of rotatable bonds is 10. The number of benzene rings is 2. The van der Waals surface area contributed by atoms with Crippen LogP contribution in [0, 0.1) is 0 Å². The molecular weight excluding hydrogens is 280 g/mol. The molecule has 2 heteroatoms. The number of fused-ring (bicyclic) bond motifs is 1. The van der Waals surface area contributed by atoms with Crippen LogP contribution >= 0.6 is 0 Å². The lowest BCUT2D eigenvalue weighted by atomic mass is 10.00. The van der Waals surface area contributed by atoms with Gasteiger partial charge in [0, 0.05) is 16.8 Å². The van der Waals surface area contributed by atoms with Crippen LogP contribution in [0.4, 0.5) is 11.4 Å². The van der Waals surface area contributed by atoms with Crippen molar-refractivity contribution in [1.29, 1.82) is 0 Å². The van der Waals surface area contributed by atoms with Crippen LogP contribution in [-0.2, 0) is 6.42 Å². The van der Waals surface area contributed by atoms with Crippen LogP contribution in [0.15, 0.2) is 30.3 Å². The van der Waals surface area contributed by atoms with Gasteiger partial charge in [-0.25, -0.2) is 0 Å². The molecule has 23 heavy (non-hydrogen) atoms. The Hall–Kier alpha value is -1.70. The van der Waals surface area contributed by atoms with Gasteiger partial charge in [-0.1, -0.05) is 70.4 Å². The fourth-order valence-corrected chi connectivity index (χ4v) is 3.27. The number of aryl methyl sites for hydroxylation is 1. The van der Waals surface area contributed by atoms with Crippen molar-refractivity contribution < 1.29 is 0 Å². The minimum atomic E-state index is 0.803. The van der Waals surface area contributed by atoms with E-state index in [-0.39, 0.29) is 0 Å². The number of nitrogen functional groups attached to an aromatic ring is 2. The van der Waals surface area contributed by atoms with E-state index in [9.17, 15) is 0 Å². The first-order valence-electron chi connectivity index (χ1n) is 9.28. The third kappa shape index (κ3) is 5.78. The number of hydrogen-bond acceptors (Lipinski definition) is 2. The van der Waals surface area contributed by atoms with Gasteiger partial charge in [-0.15, -0.1) is 0 Å². The van der Waals surface area contributed by atoms with Crippen LogP contribution in [0.3, 0.4) is 0 Å². The van der Waals surface area contributed by atoms with Crippen LogP contribution in [0.25, 0.3) is 10.8 Å². The molecule has 0 aliphatic rings. The maximum Gasteiger partial charge on any atom is 0.0396 e. The molecule has 0 atom stereocenters. The van der Waals surface area contributed by atoms with Crippen LogP contribution < -0.4 is 11.5 Å². The fourth-order valence-electron chi connectivity index (χ4n) is 3.27. The first kappa shape index (κ1) is 17.7. The maximum atomic E-state index is 6.18. The lowest BCUT2D eigenvalue weighted by molar-refractivity contribution is 0.565. The van der Waals surface area contributed by atoms with Gasteiger partial charge in [-0.05, 0) is 42.0 Å². The van der Waals surface area contributed by atoms with Crippen molar-refractivity contribution >= 4 is 22.1 Å². The highest BCUT2D eigenvalue weighted by Gasteiger charge is 2.02. The average Bonchev–Trinajstić information content (AvgIpc) is 2.53. The Labute approximate surface area is 141 Å². The van der Waals surface area contributed by atoms with E-state index in [1.165, 1.54) is 63.4 Å². The summed E-state index contributed by atoms with van der Waals surface area (Å²) in [6.07, 6.45) is 13.4. The van der Waals surface area contributed by atoms with Crippen molar-refractivity contribution in [3.05, 3.63) is 35.9 Å². The quantitative estimate of drug-likeness (QED) is 0.413. The molecule has 0 aliphatic carbocycles.